The van der Waals surface area contributed by atoms with Crippen LogP contribution in [0.3, 0.4) is 0 Å². The molecule has 0 aromatic heterocycles. The number of aliphatic carboxylic acids is 1. The van der Waals surface area contributed by atoms with Crippen LogP contribution in [0.2, 0.25) is 0 Å². The fourth-order valence-corrected chi connectivity index (χ4v) is 2.97. The van der Waals surface area contributed by atoms with Crippen molar-refractivity contribution in [2.45, 2.75) is 32.1 Å². The van der Waals surface area contributed by atoms with E-state index in [1.807, 2.05) is 0 Å². The van der Waals surface area contributed by atoms with Gasteiger partial charge in [0, 0.05) is 6.54 Å². The summed E-state index contributed by atoms with van der Waals surface area (Å²) in [5, 5.41) is 12.4. The lowest BCUT2D eigenvalue weighted by atomic mass is 9.66. The van der Waals surface area contributed by atoms with Gasteiger partial charge >= 0.3 is 5.97 Å². The Labute approximate surface area is 78.5 Å². The summed E-state index contributed by atoms with van der Waals surface area (Å²) in [7, 11) is 0. The molecule has 0 bridgehead atoms. The van der Waals surface area contributed by atoms with E-state index in [1.165, 1.54) is 6.42 Å². The van der Waals surface area contributed by atoms with Crippen LogP contribution in [0, 0.1) is 11.3 Å². The molecule has 0 amide bonds. The average molecular weight is 183 g/mol. The van der Waals surface area contributed by atoms with Crippen LogP contribution in [-0.4, -0.2) is 24.2 Å². The molecule has 1 heterocycles. The first kappa shape index (κ1) is 9.00. The number of nitrogens with one attached hydrogen (secondary N) is 1. The van der Waals surface area contributed by atoms with Crippen molar-refractivity contribution in [1.29, 1.82) is 0 Å². The zero-order chi connectivity index (χ0) is 9.31. The Morgan fingerprint density at radius 3 is 2.85 bits per heavy atom. The van der Waals surface area contributed by atoms with E-state index in [0.29, 0.717) is 0 Å². The topological polar surface area (TPSA) is 49.3 Å². The molecule has 1 saturated heterocycles. The molecule has 2 atom stereocenters. The highest BCUT2D eigenvalue weighted by Gasteiger charge is 2.46. The molecular formula is C10H17NO2. The number of carbonyl (C=O) groups is 1. The molecule has 3 heteroatoms. The molecule has 13 heavy (non-hydrogen) atoms. The third-order valence-corrected chi connectivity index (χ3v) is 3.73. The molecule has 74 valence electrons. The van der Waals surface area contributed by atoms with Gasteiger partial charge in [0.05, 0.1) is 5.92 Å². The molecule has 0 aromatic rings. The summed E-state index contributed by atoms with van der Waals surface area (Å²) in [6.45, 7) is 1.92. The summed E-state index contributed by atoms with van der Waals surface area (Å²) >= 11 is 0. The summed E-state index contributed by atoms with van der Waals surface area (Å²) in [6, 6.07) is 0. The van der Waals surface area contributed by atoms with Crippen LogP contribution in [0.1, 0.15) is 32.1 Å². The zero-order valence-corrected chi connectivity index (χ0v) is 7.88. The molecule has 2 aliphatic rings. The molecular weight excluding hydrogens is 166 g/mol. The highest BCUT2D eigenvalue weighted by Crippen LogP contribution is 2.45. The minimum atomic E-state index is -0.580. The van der Waals surface area contributed by atoms with Gasteiger partial charge in [-0.05, 0) is 31.2 Å². The molecule has 2 N–H and O–H groups in total. The first-order valence-electron chi connectivity index (χ1n) is 5.18. The predicted molar refractivity (Wildman–Crippen MR) is 49.5 cm³/mol. The standard InChI is InChI=1S/C10H17NO2/c12-9(13)8-3-1-2-4-10(8)5-6-11-7-10/h8,11H,1-7H2,(H,12,13). The van der Waals surface area contributed by atoms with Gasteiger partial charge in [-0.15, -0.1) is 0 Å². The fourth-order valence-electron chi connectivity index (χ4n) is 2.97. The second-order valence-corrected chi connectivity index (χ2v) is 4.43. The lowest BCUT2D eigenvalue weighted by molar-refractivity contribution is -0.148. The van der Waals surface area contributed by atoms with Gasteiger partial charge in [0.15, 0.2) is 0 Å². The van der Waals surface area contributed by atoms with Crippen molar-refractivity contribution in [2.75, 3.05) is 13.1 Å². The summed E-state index contributed by atoms with van der Waals surface area (Å²) in [4.78, 5) is 11.1. The molecule has 0 aromatic carbocycles. The maximum atomic E-state index is 11.1. The van der Waals surface area contributed by atoms with E-state index in [0.717, 1.165) is 38.8 Å². The Morgan fingerprint density at radius 1 is 1.38 bits per heavy atom. The Hall–Kier alpha value is -0.570. The fraction of sp³-hybridized carbons (Fsp3) is 0.900. The van der Waals surface area contributed by atoms with E-state index in [2.05, 4.69) is 5.32 Å². The van der Waals surface area contributed by atoms with Crippen molar-refractivity contribution in [3.05, 3.63) is 0 Å². The molecule has 2 fully saturated rings. The largest absolute Gasteiger partial charge is 0.481 e. The summed E-state index contributed by atoms with van der Waals surface area (Å²) in [5.41, 5.74) is 0.101. The third-order valence-electron chi connectivity index (χ3n) is 3.73. The number of hydrogen-bond donors (Lipinski definition) is 2. The zero-order valence-electron chi connectivity index (χ0n) is 7.88. The van der Waals surface area contributed by atoms with Gasteiger partial charge in [-0.3, -0.25) is 4.79 Å². The van der Waals surface area contributed by atoms with E-state index in [4.69, 9.17) is 5.11 Å². The van der Waals surface area contributed by atoms with E-state index in [1.54, 1.807) is 0 Å². The predicted octanol–water partition coefficient (Wildman–Crippen LogP) is 1.24. The first-order chi connectivity index (χ1) is 6.25. The molecule has 0 radical (unpaired) electrons. The molecule has 1 aliphatic carbocycles. The van der Waals surface area contributed by atoms with Crippen LogP contribution in [0.4, 0.5) is 0 Å². The summed E-state index contributed by atoms with van der Waals surface area (Å²) in [5.74, 6) is -0.667. The van der Waals surface area contributed by atoms with Gasteiger partial charge in [-0.2, -0.15) is 0 Å². The SMILES string of the molecule is O=C(O)C1CCCCC12CCNC2. The Balaban J connectivity index is 2.16. The van der Waals surface area contributed by atoms with Crippen LogP contribution < -0.4 is 5.32 Å². The highest BCUT2D eigenvalue weighted by atomic mass is 16.4. The lowest BCUT2D eigenvalue weighted by Crippen LogP contribution is -2.40. The van der Waals surface area contributed by atoms with Crippen LogP contribution in [0.15, 0.2) is 0 Å². The molecule has 1 saturated carbocycles. The van der Waals surface area contributed by atoms with Gasteiger partial charge in [-0.25, -0.2) is 0 Å². The van der Waals surface area contributed by atoms with Crippen molar-refractivity contribution in [1.82, 2.24) is 5.32 Å². The third kappa shape index (κ3) is 1.46. The van der Waals surface area contributed by atoms with Crippen molar-refractivity contribution < 1.29 is 9.90 Å². The van der Waals surface area contributed by atoms with Crippen LogP contribution in [0.25, 0.3) is 0 Å². The summed E-state index contributed by atoms with van der Waals surface area (Å²) in [6.07, 6.45) is 5.36. The number of carboxylic acids is 1. The summed E-state index contributed by atoms with van der Waals surface area (Å²) < 4.78 is 0. The van der Waals surface area contributed by atoms with Crippen molar-refractivity contribution >= 4 is 5.97 Å². The van der Waals surface area contributed by atoms with Crippen molar-refractivity contribution in [2.24, 2.45) is 11.3 Å². The second-order valence-electron chi connectivity index (χ2n) is 4.43. The van der Waals surface area contributed by atoms with Gasteiger partial charge < -0.3 is 10.4 Å². The minimum absolute atomic E-state index is 0.0868. The molecule has 2 rings (SSSR count). The maximum Gasteiger partial charge on any atom is 0.307 e. The Kier molecular flexibility index (Phi) is 2.28. The van der Waals surface area contributed by atoms with Crippen LogP contribution >= 0.6 is 0 Å². The quantitative estimate of drug-likeness (QED) is 0.643. The van der Waals surface area contributed by atoms with Crippen molar-refractivity contribution in [3.63, 3.8) is 0 Å². The number of rotatable bonds is 1. The van der Waals surface area contributed by atoms with Gasteiger partial charge in [0.25, 0.3) is 0 Å². The lowest BCUT2D eigenvalue weighted by Gasteiger charge is -2.38. The smallest absolute Gasteiger partial charge is 0.307 e. The minimum Gasteiger partial charge on any atom is -0.481 e. The maximum absolute atomic E-state index is 11.1. The van der Waals surface area contributed by atoms with Gasteiger partial charge in [0.2, 0.25) is 0 Å². The normalized spacial score (nSPS) is 39.5. The van der Waals surface area contributed by atoms with Gasteiger partial charge in [-0.1, -0.05) is 12.8 Å². The Morgan fingerprint density at radius 2 is 2.23 bits per heavy atom. The Bertz CT molecular complexity index is 209. The molecule has 2 unspecified atom stereocenters. The monoisotopic (exact) mass is 183 g/mol. The van der Waals surface area contributed by atoms with E-state index in [9.17, 15) is 4.79 Å². The molecule has 3 nitrogen and oxygen atoms in total. The number of hydrogen-bond acceptors (Lipinski definition) is 2. The first-order valence-corrected chi connectivity index (χ1v) is 5.18. The van der Waals surface area contributed by atoms with Crippen molar-refractivity contribution in [3.8, 4) is 0 Å². The average Bonchev–Trinajstić information content (AvgIpc) is 2.54. The van der Waals surface area contributed by atoms with E-state index in [-0.39, 0.29) is 11.3 Å². The molecule has 1 aliphatic heterocycles. The van der Waals surface area contributed by atoms with Crippen LogP contribution in [0.5, 0.6) is 0 Å². The number of carboxylic acid groups (broad SMARTS) is 1. The van der Waals surface area contributed by atoms with Crippen LogP contribution in [-0.2, 0) is 4.79 Å². The second kappa shape index (κ2) is 3.29. The molecule has 1 spiro atoms. The van der Waals surface area contributed by atoms with E-state index >= 15 is 0 Å². The van der Waals surface area contributed by atoms with Gasteiger partial charge in [0.1, 0.15) is 0 Å². The van der Waals surface area contributed by atoms with E-state index < -0.39 is 5.97 Å². The highest BCUT2D eigenvalue weighted by molar-refractivity contribution is 5.71.